The van der Waals surface area contributed by atoms with Gasteiger partial charge in [0, 0.05) is 25.2 Å². The maximum Gasteiger partial charge on any atom is 0.253 e. The van der Waals surface area contributed by atoms with E-state index in [2.05, 4.69) is 5.32 Å². The van der Waals surface area contributed by atoms with Gasteiger partial charge in [-0.2, -0.15) is 0 Å². The summed E-state index contributed by atoms with van der Waals surface area (Å²) in [5.74, 6) is -0.375. The fourth-order valence-corrected chi connectivity index (χ4v) is 2.14. The fourth-order valence-electron chi connectivity index (χ4n) is 2.14. The molecule has 92 valence electrons. The van der Waals surface area contributed by atoms with Gasteiger partial charge in [0.2, 0.25) is 0 Å². The lowest BCUT2D eigenvalue weighted by molar-refractivity contribution is 0.0784. The normalized spacial score (nSPS) is 19.3. The second kappa shape index (κ2) is 5.27. The first kappa shape index (κ1) is 12.0. The molecule has 1 amide bonds. The smallest absolute Gasteiger partial charge is 0.253 e. The average Bonchev–Trinajstić information content (AvgIpc) is 2.82. The highest BCUT2D eigenvalue weighted by molar-refractivity contribution is 5.94. The second-order valence-electron chi connectivity index (χ2n) is 4.49. The number of nitrogens with zero attached hydrogens (tertiary/aromatic N) is 1. The molecule has 1 aromatic rings. The number of hydrogen-bond acceptors (Lipinski definition) is 2. The molecule has 1 unspecified atom stereocenters. The summed E-state index contributed by atoms with van der Waals surface area (Å²) in [6.45, 7) is 1.74. The molecule has 1 aliphatic rings. The molecule has 0 aliphatic carbocycles. The Morgan fingerprint density at radius 1 is 1.47 bits per heavy atom. The van der Waals surface area contributed by atoms with Gasteiger partial charge in [-0.3, -0.25) is 4.79 Å². The van der Waals surface area contributed by atoms with Gasteiger partial charge in [0.05, 0.1) is 0 Å². The van der Waals surface area contributed by atoms with Crippen LogP contribution in [0.5, 0.6) is 0 Å². The number of halogens is 1. The molecule has 1 heterocycles. The summed E-state index contributed by atoms with van der Waals surface area (Å²) in [5, 5.41) is 3.35. The molecule has 0 aromatic heterocycles. The minimum atomic E-state index is -0.318. The first-order chi connectivity index (χ1) is 8.16. The lowest BCUT2D eigenvalue weighted by Crippen LogP contribution is -2.38. The van der Waals surface area contributed by atoms with E-state index in [1.54, 1.807) is 11.9 Å². The van der Waals surface area contributed by atoms with Gasteiger partial charge in [-0.1, -0.05) is 0 Å². The summed E-state index contributed by atoms with van der Waals surface area (Å²) in [6.07, 6.45) is 2.28. The number of nitrogens with one attached hydrogen (secondary N) is 1. The lowest BCUT2D eigenvalue weighted by atomic mass is 10.1. The SMILES string of the molecule is CN(CC1CCCN1)C(=O)c1ccc(F)cc1. The Balaban J connectivity index is 1.96. The van der Waals surface area contributed by atoms with Crippen molar-refractivity contribution in [2.75, 3.05) is 20.1 Å². The third-order valence-electron chi connectivity index (χ3n) is 3.09. The number of rotatable bonds is 3. The number of hydrogen-bond donors (Lipinski definition) is 1. The standard InChI is InChI=1S/C13H17FN2O/c1-16(9-12-3-2-8-15-12)13(17)10-4-6-11(14)7-5-10/h4-7,12,15H,2-3,8-9H2,1H3. The Bertz CT molecular complexity index is 385. The Kier molecular flexibility index (Phi) is 3.74. The third-order valence-corrected chi connectivity index (χ3v) is 3.09. The molecule has 1 fully saturated rings. The van der Waals surface area contributed by atoms with Crippen molar-refractivity contribution in [3.63, 3.8) is 0 Å². The maximum absolute atomic E-state index is 12.7. The van der Waals surface area contributed by atoms with E-state index in [0.29, 0.717) is 18.2 Å². The molecule has 0 radical (unpaired) electrons. The van der Waals surface area contributed by atoms with Gasteiger partial charge >= 0.3 is 0 Å². The number of carbonyl (C=O) groups excluding carboxylic acids is 1. The Hall–Kier alpha value is -1.42. The molecule has 1 atom stereocenters. The van der Waals surface area contributed by atoms with E-state index >= 15 is 0 Å². The Morgan fingerprint density at radius 2 is 2.18 bits per heavy atom. The summed E-state index contributed by atoms with van der Waals surface area (Å²) in [7, 11) is 1.78. The Morgan fingerprint density at radius 3 is 2.76 bits per heavy atom. The summed E-state index contributed by atoms with van der Waals surface area (Å²) < 4.78 is 12.7. The summed E-state index contributed by atoms with van der Waals surface area (Å²) in [4.78, 5) is 13.7. The molecule has 17 heavy (non-hydrogen) atoms. The van der Waals surface area contributed by atoms with E-state index < -0.39 is 0 Å². The van der Waals surface area contributed by atoms with Crippen LogP contribution in [-0.2, 0) is 0 Å². The molecule has 4 heteroatoms. The van der Waals surface area contributed by atoms with Crippen LogP contribution in [-0.4, -0.2) is 37.0 Å². The quantitative estimate of drug-likeness (QED) is 0.865. The molecule has 3 nitrogen and oxygen atoms in total. The molecule has 2 rings (SSSR count). The number of amides is 1. The van der Waals surface area contributed by atoms with Gasteiger partial charge in [0.15, 0.2) is 0 Å². The largest absolute Gasteiger partial charge is 0.340 e. The van der Waals surface area contributed by atoms with Crippen molar-refractivity contribution in [2.24, 2.45) is 0 Å². The minimum Gasteiger partial charge on any atom is -0.340 e. The zero-order valence-corrected chi connectivity index (χ0v) is 9.95. The molecule has 0 spiro atoms. The van der Waals surface area contributed by atoms with Crippen molar-refractivity contribution in [3.05, 3.63) is 35.6 Å². The van der Waals surface area contributed by atoms with Crippen LogP contribution in [0.2, 0.25) is 0 Å². The van der Waals surface area contributed by atoms with Crippen LogP contribution >= 0.6 is 0 Å². The van der Waals surface area contributed by atoms with Crippen LogP contribution in [0.3, 0.4) is 0 Å². The van der Waals surface area contributed by atoms with Crippen molar-refractivity contribution >= 4 is 5.91 Å². The Labute approximate surface area is 101 Å². The molecule has 0 saturated carbocycles. The van der Waals surface area contributed by atoms with Crippen molar-refractivity contribution in [1.29, 1.82) is 0 Å². The fraction of sp³-hybridized carbons (Fsp3) is 0.462. The zero-order valence-electron chi connectivity index (χ0n) is 9.95. The molecule has 1 aromatic carbocycles. The molecule has 1 saturated heterocycles. The highest BCUT2D eigenvalue weighted by Gasteiger charge is 2.19. The second-order valence-corrected chi connectivity index (χ2v) is 4.49. The van der Waals surface area contributed by atoms with Crippen LogP contribution in [0.4, 0.5) is 4.39 Å². The van der Waals surface area contributed by atoms with Crippen LogP contribution in [0.1, 0.15) is 23.2 Å². The van der Waals surface area contributed by atoms with Gasteiger partial charge in [-0.15, -0.1) is 0 Å². The number of benzene rings is 1. The molecule has 0 bridgehead atoms. The highest BCUT2D eigenvalue weighted by atomic mass is 19.1. The van der Waals surface area contributed by atoms with E-state index in [9.17, 15) is 9.18 Å². The monoisotopic (exact) mass is 236 g/mol. The summed E-state index contributed by atoms with van der Waals surface area (Å²) in [5.41, 5.74) is 0.534. The predicted molar refractivity (Wildman–Crippen MR) is 64.4 cm³/mol. The van der Waals surface area contributed by atoms with Gasteiger partial charge < -0.3 is 10.2 Å². The van der Waals surface area contributed by atoms with E-state index in [1.165, 1.54) is 30.7 Å². The lowest BCUT2D eigenvalue weighted by Gasteiger charge is -2.21. The van der Waals surface area contributed by atoms with E-state index in [1.807, 2.05) is 0 Å². The van der Waals surface area contributed by atoms with Crippen LogP contribution in [0.15, 0.2) is 24.3 Å². The van der Waals surface area contributed by atoms with Gasteiger partial charge in [0.25, 0.3) is 5.91 Å². The highest BCUT2D eigenvalue weighted by Crippen LogP contribution is 2.09. The van der Waals surface area contributed by atoms with Crippen molar-refractivity contribution < 1.29 is 9.18 Å². The molecular weight excluding hydrogens is 219 g/mol. The third kappa shape index (κ3) is 3.03. The summed E-state index contributed by atoms with van der Waals surface area (Å²) in [6, 6.07) is 6.07. The van der Waals surface area contributed by atoms with Crippen molar-refractivity contribution in [3.8, 4) is 0 Å². The van der Waals surface area contributed by atoms with E-state index in [0.717, 1.165) is 13.0 Å². The zero-order chi connectivity index (χ0) is 12.3. The summed E-state index contributed by atoms with van der Waals surface area (Å²) >= 11 is 0. The minimum absolute atomic E-state index is 0.0568. The number of likely N-dealkylation sites (N-methyl/N-ethyl adjacent to an activating group) is 1. The molecule has 1 aliphatic heterocycles. The van der Waals surface area contributed by atoms with E-state index in [-0.39, 0.29) is 11.7 Å². The van der Waals surface area contributed by atoms with Crippen LogP contribution in [0, 0.1) is 5.82 Å². The molecular formula is C13H17FN2O. The van der Waals surface area contributed by atoms with Gasteiger partial charge in [0.1, 0.15) is 5.82 Å². The van der Waals surface area contributed by atoms with Crippen molar-refractivity contribution in [2.45, 2.75) is 18.9 Å². The number of carbonyl (C=O) groups is 1. The van der Waals surface area contributed by atoms with Gasteiger partial charge in [-0.25, -0.2) is 4.39 Å². The topological polar surface area (TPSA) is 32.3 Å². The predicted octanol–water partition coefficient (Wildman–Crippen LogP) is 1.65. The first-order valence-corrected chi connectivity index (χ1v) is 5.91. The first-order valence-electron chi connectivity index (χ1n) is 5.91. The maximum atomic E-state index is 12.7. The van der Waals surface area contributed by atoms with Crippen LogP contribution < -0.4 is 5.32 Å². The average molecular weight is 236 g/mol. The van der Waals surface area contributed by atoms with E-state index in [4.69, 9.17) is 0 Å². The van der Waals surface area contributed by atoms with Crippen LogP contribution in [0.25, 0.3) is 0 Å². The molecule has 1 N–H and O–H groups in total. The van der Waals surface area contributed by atoms with Crippen molar-refractivity contribution in [1.82, 2.24) is 10.2 Å². The van der Waals surface area contributed by atoms with Gasteiger partial charge in [-0.05, 0) is 43.7 Å².